The minimum absolute atomic E-state index is 0.271. The number of benzene rings is 1. The second kappa shape index (κ2) is 8.63. The SMILES string of the molecule is CC(C)CNCc1ccc(OCC(=O)NC(N)=O)c(Br)c1. The molecule has 0 aliphatic rings. The zero-order valence-corrected chi connectivity index (χ0v) is 13.7. The minimum atomic E-state index is -0.894. The molecule has 0 spiro atoms. The van der Waals surface area contributed by atoms with E-state index < -0.39 is 11.9 Å². The average Bonchev–Trinajstić information content (AvgIpc) is 2.36. The number of amides is 3. The highest BCUT2D eigenvalue weighted by Crippen LogP contribution is 2.25. The van der Waals surface area contributed by atoms with Crippen molar-refractivity contribution in [2.75, 3.05) is 13.2 Å². The number of rotatable bonds is 7. The van der Waals surface area contributed by atoms with Gasteiger partial charge in [-0.1, -0.05) is 19.9 Å². The molecule has 3 amide bonds. The number of hydrogen-bond acceptors (Lipinski definition) is 4. The maximum absolute atomic E-state index is 11.2. The van der Waals surface area contributed by atoms with Gasteiger partial charge in [0.15, 0.2) is 6.61 Å². The molecule has 0 aliphatic heterocycles. The molecule has 1 aromatic carbocycles. The highest BCUT2D eigenvalue weighted by atomic mass is 79.9. The number of carbonyl (C=O) groups is 2. The molecule has 1 rings (SSSR count). The van der Waals surface area contributed by atoms with E-state index in [2.05, 4.69) is 35.1 Å². The summed E-state index contributed by atoms with van der Waals surface area (Å²) in [5.41, 5.74) is 5.94. The summed E-state index contributed by atoms with van der Waals surface area (Å²) in [6.07, 6.45) is 0. The Morgan fingerprint density at radius 3 is 2.67 bits per heavy atom. The third-order valence-electron chi connectivity index (χ3n) is 2.50. The van der Waals surface area contributed by atoms with Crippen LogP contribution in [0, 0.1) is 5.92 Å². The van der Waals surface area contributed by atoms with Crippen LogP contribution in [0.4, 0.5) is 4.79 Å². The van der Waals surface area contributed by atoms with Crippen molar-refractivity contribution in [3.63, 3.8) is 0 Å². The van der Waals surface area contributed by atoms with E-state index in [1.54, 1.807) is 6.07 Å². The van der Waals surface area contributed by atoms with Crippen LogP contribution in [0.15, 0.2) is 22.7 Å². The maximum Gasteiger partial charge on any atom is 0.318 e. The summed E-state index contributed by atoms with van der Waals surface area (Å²) < 4.78 is 6.06. The molecule has 0 saturated heterocycles. The van der Waals surface area contributed by atoms with Gasteiger partial charge in [0.2, 0.25) is 0 Å². The lowest BCUT2D eigenvalue weighted by molar-refractivity contribution is -0.121. The molecular weight excluding hydrogens is 338 g/mol. The largest absolute Gasteiger partial charge is 0.483 e. The Morgan fingerprint density at radius 1 is 1.38 bits per heavy atom. The van der Waals surface area contributed by atoms with Crippen LogP contribution in [0.25, 0.3) is 0 Å². The molecule has 0 unspecified atom stereocenters. The zero-order chi connectivity index (χ0) is 15.8. The molecule has 4 N–H and O–H groups in total. The molecule has 0 bridgehead atoms. The second-order valence-electron chi connectivity index (χ2n) is 4.99. The number of urea groups is 1. The van der Waals surface area contributed by atoms with E-state index in [-0.39, 0.29) is 6.61 Å². The number of carbonyl (C=O) groups excluding carboxylic acids is 2. The van der Waals surface area contributed by atoms with Crippen molar-refractivity contribution in [1.82, 2.24) is 10.6 Å². The lowest BCUT2D eigenvalue weighted by Gasteiger charge is -2.11. The van der Waals surface area contributed by atoms with Gasteiger partial charge < -0.3 is 15.8 Å². The van der Waals surface area contributed by atoms with Crippen molar-refractivity contribution in [1.29, 1.82) is 0 Å². The molecule has 0 saturated carbocycles. The van der Waals surface area contributed by atoms with Crippen molar-refractivity contribution < 1.29 is 14.3 Å². The summed E-state index contributed by atoms with van der Waals surface area (Å²) in [5, 5.41) is 5.27. The van der Waals surface area contributed by atoms with Crippen LogP contribution >= 0.6 is 15.9 Å². The molecule has 0 aliphatic carbocycles. The van der Waals surface area contributed by atoms with Gasteiger partial charge in [-0.2, -0.15) is 0 Å². The van der Waals surface area contributed by atoms with E-state index in [1.165, 1.54) is 0 Å². The zero-order valence-electron chi connectivity index (χ0n) is 12.1. The number of hydrogen-bond donors (Lipinski definition) is 3. The van der Waals surface area contributed by atoms with Crippen LogP contribution in [0.1, 0.15) is 19.4 Å². The van der Waals surface area contributed by atoms with E-state index in [0.717, 1.165) is 23.1 Å². The highest BCUT2D eigenvalue weighted by Gasteiger charge is 2.08. The molecule has 7 heteroatoms. The summed E-state index contributed by atoms with van der Waals surface area (Å²) >= 11 is 3.39. The number of ether oxygens (including phenoxy) is 1. The van der Waals surface area contributed by atoms with Crippen molar-refractivity contribution in [2.45, 2.75) is 20.4 Å². The van der Waals surface area contributed by atoms with E-state index in [1.807, 2.05) is 17.4 Å². The Bertz CT molecular complexity index is 506. The average molecular weight is 358 g/mol. The van der Waals surface area contributed by atoms with Gasteiger partial charge in [0.1, 0.15) is 5.75 Å². The van der Waals surface area contributed by atoms with Crippen molar-refractivity contribution in [3.8, 4) is 5.75 Å². The van der Waals surface area contributed by atoms with E-state index in [9.17, 15) is 9.59 Å². The molecular formula is C14H20BrN3O3. The van der Waals surface area contributed by atoms with Crippen LogP contribution in [0.5, 0.6) is 5.75 Å². The third-order valence-corrected chi connectivity index (χ3v) is 3.12. The van der Waals surface area contributed by atoms with Crippen LogP contribution in [-0.2, 0) is 11.3 Å². The Hall–Kier alpha value is -1.60. The Kier molecular flexibility index (Phi) is 7.18. The molecule has 0 radical (unpaired) electrons. The van der Waals surface area contributed by atoms with Gasteiger partial charge in [-0.15, -0.1) is 0 Å². The van der Waals surface area contributed by atoms with Crippen molar-refractivity contribution in [2.24, 2.45) is 11.7 Å². The lowest BCUT2D eigenvalue weighted by Crippen LogP contribution is -2.38. The Labute approximate surface area is 132 Å². The summed E-state index contributed by atoms with van der Waals surface area (Å²) in [6.45, 7) is 5.74. The smallest absolute Gasteiger partial charge is 0.318 e. The molecule has 0 atom stereocenters. The van der Waals surface area contributed by atoms with Crippen molar-refractivity contribution in [3.05, 3.63) is 28.2 Å². The van der Waals surface area contributed by atoms with Crippen LogP contribution in [-0.4, -0.2) is 25.1 Å². The standard InChI is InChI=1S/C14H20BrN3O3/c1-9(2)6-17-7-10-3-4-12(11(15)5-10)21-8-13(19)18-14(16)20/h3-5,9,17H,6-8H2,1-2H3,(H3,16,18,19,20). The van der Waals surface area contributed by atoms with E-state index in [0.29, 0.717) is 11.7 Å². The quantitative estimate of drug-likeness (QED) is 0.693. The summed E-state index contributed by atoms with van der Waals surface area (Å²) in [7, 11) is 0. The minimum Gasteiger partial charge on any atom is -0.483 e. The Morgan fingerprint density at radius 2 is 2.10 bits per heavy atom. The summed E-state index contributed by atoms with van der Waals surface area (Å²) in [6, 6.07) is 4.72. The topological polar surface area (TPSA) is 93.4 Å². The van der Waals surface area contributed by atoms with Gasteiger partial charge in [0.05, 0.1) is 4.47 Å². The third kappa shape index (κ3) is 7.10. The molecule has 0 heterocycles. The fourth-order valence-electron chi connectivity index (χ4n) is 1.59. The van der Waals surface area contributed by atoms with Crippen LogP contribution in [0.3, 0.4) is 0 Å². The fourth-order valence-corrected chi connectivity index (χ4v) is 2.13. The van der Waals surface area contributed by atoms with Gasteiger partial charge in [0, 0.05) is 6.54 Å². The number of nitrogens with two attached hydrogens (primary N) is 1. The van der Waals surface area contributed by atoms with Gasteiger partial charge in [-0.3, -0.25) is 10.1 Å². The molecule has 0 fully saturated rings. The van der Waals surface area contributed by atoms with E-state index >= 15 is 0 Å². The first-order chi connectivity index (χ1) is 9.88. The predicted molar refractivity (Wildman–Crippen MR) is 83.9 cm³/mol. The van der Waals surface area contributed by atoms with Gasteiger partial charge in [-0.05, 0) is 46.1 Å². The highest BCUT2D eigenvalue weighted by molar-refractivity contribution is 9.10. The number of imide groups is 1. The molecule has 116 valence electrons. The molecule has 21 heavy (non-hydrogen) atoms. The molecule has 1 aromatic rings. The fraction of sp³-hybridized carbons (Fsp3) is 0.429. The number of nitrogens with one attached hydrogen (secondary N) is 2. The first-order valence-corrected chi connectivity index (χ1v) is 7.39. The maximum atomic E-state index is 11.2. The first-order valence-electron chi connectivity index (χ1n) is 6.59. The first kappa shape index (κ1) is 17.5. The van der Waals surface area contributed by atoms with Crippen LogP contribution in [0.2, 0.25) is 0 Å². The van der Waals surface area contributed by atoms with E-state index in [4.69, 9.17) is 10.5 Å². The predicted octanol–water partition coefficient (Wildman–Crippen LogP) is 1.77. The lowest BCUT2D eigenvalue weighted by atomic mass is 10.2. The monoisotopic (exact) mass is 357 g/mol. The number of primary amides is 1. The Balaban J connectivity index is 2.50. The van der Waals surface area contributed by atoms with Gasteiger partial charge in [-0.25, -0.2) is 4.79 Å². The van der Waals surface area contributed by atoms with Crippen molar-refractivity contribution >= 4 is 27.9 Å². The van der Waals surface area contributed by atoms with Gasteiger partial charge >= 0.3 is 6.03 Å². The molecule has 0 aromatic heterocycles. The normalized spacial score (nSPS) is 10.5. The summed E-state index contributed by atoms with van der Waals surface area (Å²) in [4.78, 5) is 21.7. The van der Waals surface area contributed by atoms with Gasteiger partial charge in [0.25, 0.3) is 5.91 Å². The number of halogens is 1. The second-order valence-corrected chi connectivity index (χ2v) is 5.84. The molecule has 6 nitrogen and oxygen atoms in total. The van der Waals surface area contributed by atoms with Crippen LogP contribution < -0.4 is 21.1 Å². The summed E-state index contributed by atoms with van der Waals surface area (Å²) in [5.74, 6) is 0.541.